The third-order valence-electron chi connectivity index (χ3n) is 6.19. The highest BCUT2D eigenvalue weighted by atomic mass is 19.4. The van der Waals surface area contributed by atoms with Gasteiger partial charge in [-0.2, -0.15) is 13.2 Å². The molecule has 1 N–H and O–H groups in total. The van der Waals surface area contributed by atoms with Crippen LogP contribution in [-0.4, -0.2) is 45.4 Å². The third kappa shape index (κ3) is 5.22. The van der Waals surface area contributed by atoms with Gasteiger partial charge in [-0.05, 0) is 55.8 Å². The molecule has 1 aliphatic heterocycles. The Morgan fingerprint density at radius 2 is 1.81 bits per heavy atom. The third-order valence-corrected chi connectivity index (χ3v) is 6.19. The summed E-state index contributed by atoms with van der Waals surface area (Å²) in [6.07, 6.45) is -2.77. The summed E-state index contributed by atoms with van der Waals surface area (Å²) in [6.45, 7) is 3.84. The number of halogens is 4. The minimum Gasteiger partial charge on any atom is -0.348 e. The predicted octanol–water partition coefficient (Wildman–Crippen LogP) is 5.52. The van der Waals surface area contributed by atoms with Crippen LogP contribution in [0.3, 0.4) is 0 Å². The number of para-hydroxylation sites is 1. The lowest BCUT2D eigenvalue weighted by molar-refractivity contribution is -0.137. The van der Waals surface area contributed by atoms with Gasteiger partial charge >= 0.3 is 12.2 Å². The first-order valence-corrected chi connectivity index (χ1v) is 11.5. The van der Waals surface area contributed by atoms with Gasteiger partial charge in [0.15, 0.2) is 0 Å². The van der Waals surface area contributed by atoms with E-state index in [4.69, 9.17) is 0 Å². The Morgan fingerprint density at radius 3 is 2.50 bits per heavy atom. The summed E-state index contributed by atoms with van der Waals surface area (Å²) < 4.78 is 56.2. The van der Waals surface area contributed by atoms with Gasteiger partial charge in [0, 0.05) is 31.0 Å². The molecule has 10 heteroatoms. The molecule has 0 fully saturated rings. The predicted molar refractivity (Wildman–Crippen MR) is 127 cm³/mol. The Kier molecular flexibility index (Phi) is 7.05. The molecule has 0 bridgehead atoms. The van der Waals surface area contributed by atoms with Crippen molar-refractivity contribution in [1.82, 2.24) is 14.4 Å². The lowest BCUT2D eigenvalue weighted by Crippen LogP contribution is -2.50. The van der Waals surface area contributed by atoms with Crippen molar-refractivity contribution in [2.75, 3.05) is 18.4 Å². The van der Waals surface area contributed by atoms with Crippen molar-refractivity contribution in [2.45, 2.75) is 38.7 Å². The monoisotopic (exact) mass is 502 g/mol. The van der Waals surface area contributed by atoms with Gasteiger partial charge in [0.25, 0.3) is 0 Å². The Hall–Kier alpha value is -3.82. The summed E-state index contributed by atoms with van der Waals surface area (Å²) in [5, 5.41) is 2.31. The number of anilines is 1. The minimum absolute atomic E-state index is 0.326. The van der Waals surface area contributed by atoms with E-state index in [-0.39, 0.29) is 12.2 Å². The summed E-state index contributed by atoms with van der Waals surface area (Å²) in [5.41, 5.74) is 0.0281. The molecule has 1 aliphatic rings. The van der Waals surface area contributed by atoms with Gasteiger partial charge in [-0.1, -0.05) is 24.3 Å². The zero-order valence-electron chi connectivity index (χ0n) is 19.8. The largest absolute Gasteiger partial charge is 0.418 e. The van der Waals surface area contributed by atoms with E-state index in [0.29, 0.717) is 18.7 Å². The maximum absolute atomic E-state index is 14.0. The van der Waals surface area contributed by atoms with E-state index in [1.807, 2.05) is 22.9 Å². The normalized spacial score (nSPS) is 15.5. The molecule has 0 radical (unpaired) electrons. The van der Waals surface area contributed by atoms with Crippen LogP contribution in [0, 0.1) is 5.82 Å². The molecule has 0 saturated heterocycles. The number of nitrogens with one attached hydrogen (secondary N) is 1. The van der Waals surface area contributed by atoms with E-state index in [1.54, 1.807) is 30.9 Å². The number of hydrogen-bond donors (Lipinski definition) is 1. The quantitative estimate of drug-likeness (QED) is 0.467. The van der Waals surface area contributed by atoms with Crippen LogP contribution in [0.4, 0.5) is 28.0 Å². The van der Waals surface area contributed by atoms with Gasteiger partial charge in [0.05, 0.1) is 17.3 Å². The van der Waals surface area contributed by atoms with Gasteiger partial charge in [-0.15, -0.1) is 0 Å². The molecule has 0 spiro atoms. The average Bonchev–Trinajstić information content (AvgIpc) is 3.30. The molecule has 1 unspecified atom stereocenters. The first-order chi connectivity index (χ1) is 17.1. The van der Waals surface area contributed by atoms with E-state index in [1.165, 1.54) is 35.2 Å². The topological polar surface area (TPSA) is 57.6 Å². The Labute approximate surface area is 206 Å². The molecule has 4 rings (SSSR count). The second-order valence-corrected chi connectivity index (χ2v) is 8.87. The Morgan fingerprint density at radius 1 is 1.06 bits per heavy atom. The summed E-state index contributed by atoms with van der Waals surface area (Å²) in [4.78, 5) is 29.3. The zero-order chi connectivity index (χ0) is 26.0. The highest BCUT2D eigenvalue weighted by molar-refractivity contribution is 5.93. The standard InChI is InChI=1S/C26H26F4N4O2/c1-17(2)34(25(36)31-21-10-4-3-9-20(21)26(28,29)30)16-23(35)33-14-13-32-12-6-11-22(32)24(33)18-7-5-8-19(27)15-18/h3-12,15,17,24H,13-14,16H2,1-2H3,(H,31,36). The van der Waals surface area contributed by atoms with E-state index >= 15 is 0 Å². The van der Waals surface area contributed by atoms with Crippen LogP contribution in [0.5, 0.6) is 0 Å². The molecule has 0 aliphatic carbocycles. The summed E-state index contributed by atoms with van der Waals surface area (Å²) in [5.74, 6) is -0.834. The smallest absolute Gasteiger partial charge is 0.348 e. The second-order valence-electron chi connectivity index (χ2n) is 8.87. The van der Waals surface area contributed by atoms with Crippen LogP contribution in [0.25, 0.3) is 0 Å². The van der Waals surface area contributed by atoms with Crippen LogP contribution >= 0.6 is 0 Å². The first-order valence-electron chi connectivity index (χ1n) is 11.5. The molecule has 190 valence electrons. The van der Waals surface area contributed by atoms with Crippen LogP contribution in [0.1, 0.15) is 36.7 Å². The van der Waals surface area contributed by atoms with E-state index in [0.717, 1.165) is 11.8 Å². The van der Waals surface area contributed by atoms with Crippen molar-refractivity contribution in [3.05, 3.63) is 89.5 Å². The van der Waals surface area contributed by atoms with Crippen LogP contribution in [-0.2, 0) is 17.5 Å². The fourth-order valence-electron chi connectivity index (χ4n) is 4.43. The Bertz CT molecular complexity index is 1250. The highest BCUT2D eigenvalue weighted by Crippen LogP contribution is 2.35. The number of amides is 3. The maximum Gasteiger partial charge on any atom is 0.418 e. The molecule has 2 aromatic carbocycles. The summed E-state index contributed by atoms with van der Waals surface area (Å²) in [7, 11) is 0. The van der Waals surface area contributed by atoms with E-state index < -0.39 is 41.6 Å². The Balaban J connectivity index is 1.58. The van der Waals surface area contributed by atoms with Crippen molar-refractivity contribution >= 4 is 17.6 Å². The van der Waals surface area contributed by atoms with Crippen LogP contribution < -0.4 is 5.32 Å². The molecule has 36 heavy (non-hydrogen) atoms. The molecule has 1 atom stereocenters. The second kappa shape index (κ2) is 10.0. The SMILES string of the molecule is CC(C)N(CC(=O)N1CCn2cccc2C1c1cccc(F)c1)C(=O)Nc1ccccc1C(F)(F)F. The molecule has 6 nitrogen and oxygen atoms in total. The summed E-state index contributed by atoms with van der Waals surface area (Å²) >= 11 is 0. The molecular weight excluding hydrogens is 476 g/mol. The number of hydrogen-bond acceptors (Lipinski definition) is 2. The van der Waals surface area contributed by atoms with Gasteiger partial charge < -0.3 is 19.7 Å². The molecule has 3 aromatic rings. The lowest BCUT2D eigenvalue weighted by atomic mass is 9.99. The van der Waals surface area contributed by atoms with Crippen LogP contribution in [0.15, 0.2) is 66.9 Å². The molecule has 1 aromatic heterocycles. The van der Waals surface area contributed by atoms with Crippen molar-refractivity contribution in [2.24, 2.45) is 0 Å². The molecular formula is C26H26F4N4O2. The number of alkyl halides is 3. The summed E-state index contributed by atoms with van der Waals surface area (Å²) in [6, 6.07) is 12.5. The average molecular weight is 503 g/mol. The van der Waals surface area contributed by atoms with Crippen molar-refractivity contribution in [1.29, 1.82) is 0 Å². The van der Waals surface area contributed by atoms with Crippen molar-refractivity contribution in [3.8, 4) is 0 Å². The van der Waals surface area contributed by atoms with Gasteiger partial charge in [0.2, 0.25) is 5.91 Å². The molecule has 0 saturated carbocycles. The number of carbonyl (C=O) groups is 2. The fourth-order valence-corrected chi connectivity index (χ4v) is 4.43. The van der Waals surface area contributed by atoms with Crippen molar-refractivity contribution in [3.63, 3.8) is 0 Å². The van der Waals surface area contributed by atoms with E-state index in [9.17, 15) is 27.2 Å². The zero-order valence-corrected chi connectivity index (χ0v) is 19.8. The maximum atomic E-state index is 14.0. The number of fused-ring (bicyclic) bond motifs is 1. The molecule has 3 amide bonds. The first kappa shape index (κ1) is 25.3. The number of rotatable bonds is 5. The van der Waals surface area contributed by atoms with Crippen molar-refractivity contribution < 1.29 is 27.2 Å². The van der Waals surface area contributed by atoms with E-state index in [2.05, 4.69) is 5.32 Å². The van der Waals surface area contributed by atoms with Gasteiger partial charge in [0.1, 0.15) is 12.4 Å². The number of benzene rings is 2. The van der Waals surface area contributed by atoms with Gasteiger partial charge in [-0.3, -0.25) is 4.79 Å². The number of nitrogens with zero attached hydrogens (tertiary/aromatic N) is 3. The number of carbonyl (C=O) groups excluding carboxylic acids is 2. The van der Waals surface area contributed by atoms with Crippen LogP contribution in [0.2, 0.25) is 0 Å². The highest BCUT2D eigenvalue weighted by Gasteiger charge is 2.36. The number of urea groups is 1. The minimum atomic E-state index is -4.65. The fraction of sp³-hybridized carbons (Fsp3) is 0.308. The lowest BCUT2D eigenvalue weighted by Gasteiger charge is -2.39. The molecule has 2 heterocycles. The van der Waals surface area contributed by atoms with Gasteiger partial charge in [-0.25, -0.2) is 9.18 Å². The number of aromatic nitrogens is 1.